The molecule has 0 unspecified atom stereocenters. The molecule has 28 heavy (non-hydrogen) atoms. The van der Waals surface area contributed by atoms with Crippen molar-refractivity contribution in [3.05, 3.63) is 101 Å². The molecule has 1 aliphatic heterocycles. The van der Waals surface area contributed by atoms with E-state index >= 15 is 0 Å². The van der Waals surface area contributed by atoms with Gasteiger partial charge in [-0.05, 0) is 41.8 Å². The first kappa shape index (κ1) is 18.5. The van der Waals surface area contributed by atoms with Crippen LogP contribution in [0.15, 0.2) is 78.9 Å². The maximum atomic E-state index is 11.0. The largest absolute Gasteiger partial charge is 0.369 e. The van der Waals surface area contributed by atoms with Crippen molar-refractivity contribution in [3.63, 3.8) is 0 Å². The third kappa shape index (κ3) is 3.85. The predicted octanol–water partition coefficient (Wildman–Crippen LogP) is 4.72. The van der Waals surface area contributed by atoms with E-state index in [2.05, 4.69) is 83.5 Å². The lowest BCUT2D eigenvalue weighted by Crippen LogP contribution is -2.48. The summed E-state index contributed by atoms with van der Waals surface area (Å²) in [6.07, 6.45) is 0.916. The summed E-state index contributed by atoms with van der Waals surface area (Å²) in [5, 5.41) is 0. The van der Waals surface area contributed by atoms with Gasteiger partial charge in [0.2, 0.25) is 0 Å². The minimum Gasteiger partial charge on any atom is -0.369 e. The highest BCUT2D eigenvalue weighted by Gasteiger charge is 2.26. The van der Waals surface area contributed by atoms with E-state index in [-0.39, 0.29) is 6.04 Å². The van der Waals surface area contributed by atoms with Crippen LogP contribution in [0.2, 0.25) is 0 Å². The normalized spacial score (nSPS) is 15.0. The number of carbonyl (C=O) groups excluding carboxylic acids is 1. The van der Waals surface area contributed by atoms with Crippen LogP contribution in [-0.4, -0.2) is 37.4 Å². The van der Waals surface area contributed by atoms with Gasteiger partial charge in [-0.2, -0.15) is 0 Å². The van der Waals surface area contributed by atoms with E-state index in [1.807, 2.05) is 12.1 Å². The standard InChI is InChI=1S/C25H26N2O/c1-20-18-21(19-28)12-13-24(20)26-14-16-27(17-15-26)25(22-8-4-2-5-9-22)23-10-6-3-7-11-23/h2-13,18-19,25H,14-17H2,1H3. The van der Waals surface area contributed by atoms with Crippen LogP contribution in [0.25, 0.3) is 0 Å². The summed E-state index contributed by atoms with van der Waals surface area (Å²) >= 11 is 0. The maximum absolute atomic E-state index is 11.0. The smallest absolute Gasteiger partial charge is 0.150 e. The molecule has 4 rings (SSSR count). The Hall–Kier alpha value is -2.91. The number of anilines is 1. The molecule has 0 amide bonds. The van der Waals surface area contributed by atoms with E-state index in [0.717, 1.165) is 38.0 Å². The highest BCUT2D eigenvalue weighted by Crippen LogP contribution is 2.31. The second-order valence-corrected chi connectivity index (χ2v) is 7.41. The molecule has 1 aliphatic rings. The van der Waals surface area contributed by atoms with Crippen molar-refractivity contribution in [1.29, 1.82) is 0 Å². The molecule has 3 aromatic rings. The van der Waals surface area contributed by atoms with Gasteiger partial charge in [0.25, 0.3) is 0 Å². The van der Waals surface area contributed by atoms with Crippen molar-refractivity contribution in [2.75, 3.05) is 31.1 Å². The summed E-state index contributed by atoms with van der Waals surface area (Å²) in [7, 11) is 0. The SMILES string of the molecule is Cc1cc(C=O)ccc1N1CCN(C(c2ccccc2)c2ccccc2)CC1. The molecule has 1 saturated heterocycles. The summed E-state index contributed by atoms with van der Waals surface area (Å²) < 4.78 is 0. The number of piperazine rings is 1. The molecule has 0 atom stereocenters. The van der Waals surface area contributed by atoms with E-state index in [1.165, 1.54) is 22.4 Å². The van der Waals surface area contributed by atoms with Crippen LogP contribution in [0.4, 0.5) is 5.69 Å². The highest BCUT2D eigenvalue weighted by atomic mass is 16.1. The molecule has 0 N–H and O–H groups in total. The first-order chi connectivity index (χ1) is 13.8. The second-order valence-electron chi connectivity index (χ2n) is 7.41. The average Bonchev–Trinajstić information content (AvgIpc) is 2.76. The lowest BCUT2D eigenvalue weighted by Gasteiger charge is -2.41. The molecule has 3 heteroatoms. The van der Waals surface area contributed by atoms with Gasteiger partial charge in [-0.25, -0.2) is 0 Å². The van der Waals surface area contributed by atoms with E-state index in [4.69, 9.17) is 0 Å². The first-order valence-corrected chi connectivity index (χ1v) is 9.91. The zero-order valence-electron chi connectivity index (χ0n) is 16.3. The van der Waals surface area contributed by atoms with Crippen molar-refractivity contribution >= 4 is 12.0 Å². The van der Waals surface area contributed by atoms with Gasteiger partial charge < -0.3 is 4.90 Å². The minimum absolute atomic E-state index is 0.281. The van der Waals surface area contributed by atoms with Crippen LogP contribution in [0, 0.1) is 6.92 Å². The van der Waals surface area contributed by atoms with Crippen LogP contribution in [0.1, 0.15) is 33.1 Å². The fourth-order valence-corrected chi connectivity index (χ4v) is 4.21. The Labute approximate surface area is 167 Å². The number of aldehydes is 1. The van der Waals surface area contributed by atoms with E-state index < -0.39 is 0 Å². The molecule has 142 valence electrons. The van der Waals surface area contributed by atoms with Crippen molar-refractivity contribution in [2.45, 2.75) is 13.0 Å². The Morgan fingerprint density at radius 1 is 0.786 bits per heavy atom. The van der Waals surface area contributed by atoms with Gasteiger partial charge in [0.05, 0.1) is 6.04 Å². The summed E-state index contributed by atoms with van der Waals surface area (Å²) in [4.78, 5) is 16.0. The molecule has 1 fully saturated rings. The number of aryl methyl sites for hydroxylation is 1. The Balaban J connectivity index is 1.54. The van der Waals surface area contributed by atoms with Gasteiger partial charge in [-0.3, -0.25) is 9.69 Å². The zero-order chi connectivity index (χ0) is 19.3. The van der Waals surface area contributed by atoms with Crippen LogP contribution in [-0.2, 0) is 0 Å². The van der Waals surface area contributed by atoms with Gasteiger partial charge in [0, 0.05) is 37.4 Å². The van der Waals surface area contributed by atoms with E-state index in [1.54, 1.807) is 0 Å². The minimum atomic E-state index is 0.281. The first-order valence-electron chi connectivity index (χ1n) is 9.91. The fraction of sp³-hybridized carbons (Fsp3) is 0.240. The van der Waals surface area contributed by atoms with Crippen LogP contribution >= 0.6 is 0 Å². The molecule has 0 aliphatic carbocycles. The Morgan fingerprint density at radius 3 is 1.86 bits per heavy atom. The van der Waals surface area contributed by atoms with Crippen molar-refractivity contribution in [1.82, 2.24) is 4.90 Å². The van der Waals surface area contributed by atoms with Gasteiger partial charge in [-0.15, -0.1) is 0 Å². The molecular weight excluding hydrogens is 344 g/mol. The molecule has 3 nitrogen and oxygen atoms in total. The summed E-state index contributed by atoms with van der Waals surface area (Å²) in [6.45, 7) is 6.06. The van der Waals surface area contributed by atoms with Crippen molar-refractivity contribution in [2.24, 2.45) is 0 Å². The molecule has 3 aromatic carbocycles. The van der Waals surface area contributed by atoms with Crippen molar-refractivity contribution < 1.29 is 4.79 Å². The molecule has 1 heterocycles. The van der Waals surface area contributed by atoms with Crippen LogP contribution in [0.5, 0.6) is 0 Å². The maximum Gasteiger partial charge on any atom is 0.150 e. The predicted molar refractivity (Wildman–Crippen MR) is 115 cm³/mol. The third-order valence-electron chi connectivity index (χ3n) is 5.61. The number of benzene rings is 3. The lowest BCUT2D eigenvalue weighted by atomic mass is 9.96. The topological polar surface area (TPSA) is 23.6 Å². The van der Waals surface area contributed by atoms with Gasteiger partial charge in [0.1, 0.15) is 6.29 Å². The number of hydrogen-bond donors (Lipinski definition) is 0. The summed E-state index contributed by atoms with van der Waals surface area (Å²) in [6, 6.07) is 27.8. The van der Waals surface area contributed by atoms with Gasteiger partial charge in [0.15, 0.2) is 0 Å². The van der Waals surface area contributed by atoms with Crippen LogP contribution < -0.4 is 4.90 Å². The highest BCUT2D eigenvalue weighted by molar-refractivity contribution is 5.77. The molecule has 0 saturated carbocycles. The third-order valence-corrected chi connectivity index (χ3v) is 5.61. The summed E-state index contributed by atoms with van der Waals surface area (Å²) in [5.41, 5.74) is 5.83. The fourth-order valence-electron chi connectivity index (χ4n) is 4.21. The Morgan fingerprint density at radius 2 is 1.36 bits per heavy atom. The van der Waals surface area contributed by atoms with Gasteiger partial charge >= 0.3 is 0 Å². The Bertz CT molecular complexity index is 876. The molecule has 0 aromatic heterocycles. The number of hydrogen-bond acceptors (Lipinski definition) is 3. The quantitative estimate of drug-likeness (QED) is 0.607. The van der Waals surface area contributed by atoms with Crippen molar-refractivity contribution in [3.8, 4) is 0 Å². The van der Waals surface area contributed by atoms with E-state index in [0.29, 0.717) is 0 Å². The monoisotopic (exact) mass is 370 g/mol. The molecular formula is C25H26N2O. The number of nitrogens with zero attached hydrogens (tertiary/aromatic N) is 2. The molecule has 0 spiro atoms. The Kier molecular flexibility index (Phi) is 5.54. The second kappa shape index (κ2) is 8.41. The van der Waals surface area contributed by atoms with E-state index in [9.17, 15) is 4.79 Å². The lowest BCUT2D eigenvalue weighted by molar-refractivity contribution is 0.112. The van der Waals surface area contributed by atoms with Crippen LogP contribution in [0.3, 0.4) is 0 Å². The van der Waals surface area contributed by atoms with Gasteiger partial charge in [-0.1, -0.05) is 60.7 Å². The number of rotatable bonds is 5. The molecule has 0 bridgehead atoms. The average molecular weight is 370 g/mol. The summed E-state index contributed by atoms with van der Waals surface area (Å²) in [5.74, 6) is 0. The zero-order valence-corrected chi connectivity index (χ0v) is 16.3. The molecule has 0 radical (unpaired) electrons. The number of carbonyl (C=O) groups is 1.